The quantitative estimate of drug-likeness (QED) is 0.0631. The number of thiol groups is 2. The highest BCUT2D eigenvalue weighted by atomic mass is 127. The number of halogens is 2. The number of imidazole rings is 1. The molecule has 6 rings (SSSR count). The first-order valence-corrected chi connectivity index (χ1v) is 20.7. The second kappa shape index (κ2) is 13.4. The summed E-state index contributed by atoms with van der Waals surface area (Å²) < 4.78 is 71.6. The predicted molar refractivity (Wildman–Crippen MR) is 178 cm³/mol. The minimum Gasteiger partial charge on any atom is -0.382 e. The van der Waals surface area contributed by atoms with Gasteiger partial charge in [0.2, 0.25) is 0 Å². The van der Waals surface area contributed by atoms with Gasteiger partial charge in [-0.25, -0.2) is 38.4 Å². The second-order valence-corrected chi connectivity index (χ2v) is 18.4. The van der Waals surface area contributed by atoms with E-state index in [1.165, 1.54) is 28.1 Å². The van der Waals surface area contributed by atoms with Gasteiger partial charge >= 0.3 is 18.5 Å². The maximum atomic E-state index is 16.0. The van der Waals surface area contributed by atoms with Gasteiger partial charge in [-0.05, 0) is 0 Å². The van der Waals surface area contributed by atoms with Crippen LogP contribution >= 0.6 is 72.0 Å². The molecule has 2 saturated heterocycles. The van der Waals surface area contributed by atoms with Gasteiger partial charge in [-0.3, -0.25) is 23.0 Å². The van der Waals surface area contributed by atoms with Crippen molar-refractivity contribution in [1.82, 2.24) is 34.1 Å². The standard InChI is InChI=1S/C21H25FIN9O9P2S3/c22-13-8(10(3-37-42(34,35)44)41-20(13)31-7-30-14-16(24)26-5-28-18(14)31)2-38-43(36,45)39-4-11-9(23)1-12(40-11)32-19-15(46-21(32)33)17(25)27-6-29-19/h5-13,20H,1-4H2,(H,36,45)(H2,24,26,28)(H2,25,27,29)(H2,34,35,44)/t8?,9?,10-,11-,12-,13-,20-,43?/m1/s1. The second-order valence-electron chi connectivity index (χ2n) is 10.1. The Morgan fingerprint density at radius 3 is 2.43 bits per heavy atom. The fourth-order valence-electron chi connectivity index (χ4n) is 5.09. The molecule has 0 aliphatic carbocycles. The summed E-state index contributed by atoms with van der Waals surface area (Å²) in [6.45, 7) is -9.71. The number of thiazole rings is 1. The molecule has 9 atom stereocenters. The van der Waals surface area contributed by atoms with Gasteiger partial charge < -0.3 is 30.4 Å². The van der Waals surface area contributed by atoms with Crippen LogP contribution in [0.5, 0.6) is 0 Å². The average molecular weight is 852 g/mol. The summed E-state index contributed by atoms with van der Waals surface area (Å²) in [5.74, 6) is -0.926. The van der Waals surface area contributed by atoms with Crippen LogP contribution in [-0.4, -0.2) is 81.1 Å². The summed E-state index contributed by atoms with van der Waals surface area (Å²) in [5, 5.41) is 0. The fourth-order valence-corrected chi connectivity index (χ4v) is 8.49. The molecule has 2 aliphatic rings. The molecule has 0 amide bonds. The lowest BCUT2D eigenvalue weighted by Gasteiger charge is -2.22. The van der Waals surface area contributed by atoms with E-state index >= 15 is 4.39 Å². The summed E-state index contributed by atoms with van der Waals surface area (Å²) in [6.07, 6.45) is -1.53. The van der Waals surface area contributed by atoms with E-state index in [2.05, 4.69) is 72.0 Å². The normalized spacial score (nSPS) is 29.4. The van der Waals surface area contributed by atoms with E-state index in [-0.39, 0.29) is 38.2 Å². The summed E-state index contributed by atoms with van der Waals surface area (Å²) in [7, 11) is 0. The number of ether oxygens (including phenoxy) is 2. The van der Waals surface area contributed by atoms with Crippen molar-refractivity contribution in [2.45, 2.75) is 41.2 Å². The van der Waals surface area contributed by atoms with Crippen LogP contribution in [0.2, 0.25) is 0 Å². The maximum Gasteiger partial charge on any atom is 0.386 e. The molecule has 0 bridgehead atoms. The van der Waals surface area contributed by atoms with Crippen LogP contribution in [0.15, 0.2) is 23.8 Å². The monoisotopic (exact) mass is 851 g/mol. The summed E-state index contributed by atoms with van der Waals surface area (Å²) >= 11 is 10.6. The first-order valence-electron chi connectivity index (χ1n) is 13.2. The molecule has 0 spiro atoms. The third kappa shape index (κ3) is 7.10. The molecule has 0 aromatic carbocycles. The molecule has 46 heavy (non-hydrogen) atoms. The van der Waals surface area contributed by atoms with Gasteiger partial charge in [0.05, 0.1) is 38.4 Å². The van der Waals surface area contributed by atoms with Gasteiger partial charge in [0.25, 0.3) is 0 Å². The first-order chi connectivity index (χ1) is 21.7. The molecule has 5 N–H and O–H groups in total. The number of nitrogens with zero attached hydrogens (tertiary/aromatic N) is 7. The molecule has 25 heteroatoms. The Labute approximate surface area is 286 Å². The Morgan fingerprint density at radius 2 is 1.70 bits per heavy atom. The van der Waals surface area contributed by atoms with Crippen LogP contribution in [-0.2, 0) is 32.2 Å². The third-order valence-electron chi connectivity index (χ3n) is 7.25. The van der Waals surface area contributed by atoms with E-state index in [1.54, 1.807) is 0 Å². The first kappa shape index (κ1) is 34.4. The lowest BCUT2D eigenvalue weighted by Crippen LogP contribution is -2.30. The summed E-state index contributed by atoms with van der Waals surface area (Å²) in [4.78, 5) is 42.1. The van der Waals surface area contributed by atoms with Gasteiger partial charge in [-0.1, -0.05) is 58.4 Å². The molecule has 18 nitrogen and oxygen atoms in total. The zero-order chi connectivity index (χ0) is 33.0. The van der Waals surface area contributed by atoms with Crippen LogP contribution in [0.4, 0.5) is 16.0 Å². The molecule has 2 aliphatic heterocycles. The van der Waals surface area contributed by atoms with Crippen molar-refractivity contribution in [3.63, 3.8) is 0 Å². The number of hydrogen-bond donors (Lipinski definition) is 5. The smallest absolute Gasteiger partial charge is 0.382 e. The molecule has 0 saturated carbocycles. The lowest BCUT2D eigenvalue weighted by molar-refractivity contribution is -0.0366. The van der Waals surface area contributed by atoms with Crippen molar-refractivity contribution in [3.8, 4) is 0 Å². The van der Waals surface area contributed by atoms with Crippen molar-refractivity contribution in [1.29, 1.82) is 0 Å². The molecule has 4 aromatic heterocycles. The molecule has 250 valence electrons. The highest BCUT2D eigenvalue weighted by molar-refractivity contribution is 14.1. The van der Waals surface area contributed by atoms with E-state index in [0.717, 1.165) is 11.3 Å². The van der Waals surface area contributed by atoms with E-state index in [9.17, 15) is 18.8 Å². The largest absolute Gasteiger partial charge is 0.386 e. The van der Waals surface area contributed by atoms with E-state index in [0.29, 0.717) is 16.8 Å². The van der Waals surface area contributed by atoms with E-state index < -0.39 is 63.6 Å². The molecular weight excluding hydrogens is 826 g/mol. The topological polar surface area (TPSA) is 244 Å². The van der Waals surface area contributed by atoms with Crippen LogP contribution in [0.3, 0.4) is 0 Å². The van der Waals surface area contributed by atoms with E-state index in [4.69, 9.17) is 34.5 Å². The van der Waals surface area contributed by atoms with Crippen LogP contribution < -0.4 is 16.3 Å². The SMILES string of the molecule is Nc1ncnc2c1ncn2[C@@H]1O[C@H](COP(=O)(O)S)C(COP(=O)(S)OC[C@H]2O[C@@H](n3c(=O)sc4c(N)ncnc43)CC2I)[C@H]1F. The average Bonchev–Trinajstić information content (AvgIpc) is 3.73. The number of anilines is 2. The van der Waals surface area contributed by atoms with Crippen LogP contribution in [0.25, 0.3) is 21.5 Å². The zero-order valence-electron chi connectivity index (χ0n) is 23.1. The number of nitrogens with two attached hydrogens (primary N) is 2. The Balaban J connectivity index is 1.12. The number of fused-ring (bicyclic) bond motifs is 2. The van der Waals surface area contributed by atoms with Gasteiger partial charge in [-0.15, -0.1) is 0 Å². The summed E-state index contributed by atoms with van der Waals surface area (Å²) in [5.41, 5.74) is 12.5. The lowest BCUT2D eigenvalue weighted by atomic mass is 10.0. The number of alkyl halides is 2. The number of nitrogen functional groups attached to an aromatic ring is 2. The van der Waals surface area contributed by atoms with Gasteiger partial charge in [0.1, 0.15) is 34.9 Å². The van der Waals surface area contributed by atoms with Crippen LogP contribution in [0.1, 0.15) is 18.9 Å². The van der Waals surface area contributed by atoms with E-state index in [1.807, 2.05) is 0 Å². The maximum absolute atomic E-state index is 16.0. The minimum absolute atomic E-state index is 0.0714. The molecule has 6 heterocycles. The number of rotatable bonds is 11. The molecule has 4 aromatic rings. The molecule has 2 fully saturated rings. The fraction of sp³-hybridized carbons (Fsp3) is 0.524. The Bertz CT molecular complexity index is 1920. The third-order valence-corrected chi connectivity index (χ3v) is 12.0. The predicted octanol–water partition coefficient (Wildman–Crippen LogP) is 2.92. The van der Waals surface area contributed by atoms with Gasteiger partial charge in [0, 0.05) is 16.3 Å². The highest BCUT2D eigenvalue weighted by Crippen LogP contribution is 2.55. The Hall–Kier alpha value is -1.50. The molecule has 0 radical (unpaired) electrons. The number of hydrogen-bond acceptors (Lipinski definition) is 16. The summed E-state index contributed by atoms with van der Waals surface area (Å²) in [6, 6.07) is 0. The molecular formula is C21H25FIN9O9P2S3. The Morgan fingerprint density at radius 1 is 1.02 bits per heavy atom. The highest BCUT2D eigenvalue weighted by Gasteiger charge is 2.48. The van der Waals surface area contributed by atoms with Crippen molar-refractivity contribution < 1.29 is 41.5 Å². The van der Waals surface area contributed by atoms with Crippen LogP contribution in [0, 0.1) is 5.92 Å². The molecule has 4 unspecified atom stereocenters. The van der Waals surface area contributed by atoms with Gasteiger partial charge in [0.15, 0.2) is 29.5 Å². The zero-order valence-corrected chi connectivity index (χ0v) is 29.6. The van der Waals surface area contributed by atoms with Crippen molar-refractivity contribution in [3.05, 3.63) is 28.6 Å². The Kier molecular flexibility index (Phi) is 10.0. The minimum atomic E-state index is -4.26. The van der Waals surface area contributed by atoms with Crippen molar-refractivity contribution >= 4 is 105 Å². The van der Waals surface area contributed by atoms with Gasteiger partial charge in [-0.2, -0.15) is 0 Å². The van der Waals surface area contributed by atoms with Crippen molar-refractivity contribution in [2.75, 3.05) is 31.3 Å². The number of aromatic nitrogens is 7. The van der Waals surface area contributed by atoms with Crippen molar-refractivity contribution in [2.24, 2.45) is 5.92 Å².